The third-order valence-corrected chi connectivity index (χ3v) is 5.54. The lowest BCUT2D eigenvalue weighted by atomic mass is 10.0. The summed E-state index contributed by atoms with van der Waals surface area (Å²) in [6, 6.07) is 6.08. The van der Waals surface area contributed by atoms with E-state index in [0.29, 0.717) is 6.54 Å². The van der Waals surface area contributed by atoms with E-state index in [-0.39, 0.29) is 17.6 Å². The zero-order valence-electron chi connectivity index (χ0n) is 11.2. The summed E-state index contributed by atoms with van der Waals surface area (Å²) in [5, 5.41) is 0. The van der Waals surface area contributed by atoms with E-state index >= 15 is 0 Å². The Balaban J connectivity index is 2.38. The predicted molar refractivity (Wildman–Crippen MR) is 73.8 cm³/mol. The molecule has 1 aliphatic heterocycles. The molecular weight excluding hydrogens is 265 g/mol. The van der Waals surface area contributed by atoms with Crippen LogP contribution in [0.2, 0.25) is 0 Å². The van der Waals surface area contributed by atoms with Crippen molar-refractivity contribution in [2.24, 2.45) is 0 Å². The third-order valence-electron chi connectivity index (χ3n) is 3.66. The second-order valence-electron chi connectivity index (χ2n) is 4.93. The van der Waals surface area contributed by atoms with Gasteiger partial charge in [0.2, 0.25) is 10.0 Å². The van der Waals surface area contributed by atoms with Crippen LogP contribution in [0.15, 0.2) is 24.3 Å². The Labute approximate surface area is 114 Å². The zero-order chi connectivity index (χ0) is 13.9. The lowest BCUT2D eigenvalue weighted by Crippen LogP contribution is -2.35. The fourth-order valence-electron chi connectivity index (χ4n) is 2.63. The van der Waals surface area contributed by atoms with Crippen molar-refractivity contribution < 1.29 is 12.8 Å². The Hall–Kier alpha value is -0.940. The molecule has 1 fully saturated rings. The van der Waals surface area contributed by atoms with Crippen LogP contribution in [0, 0.1) is 5.82 Å². The molecular formula is C14H20FNO2S. The number of hydrogen-bond acceptors (Lipinski definition) is 2. The molecule has 0 aromatic heterocycles. The van der Waals surface area contributed by atoms with E-state index in [2.05, 4.69) is 0 Å². The van der Waals surface area contributed by atoms with E-state index in [1.54, 1.807) is 17.3 Å². The molecule has 5 heteroatoms. The van der Waals surface area contributed by atoms with Gasteiger partial charge in [0, 0.05) is 12.6 Å². The van der Waals surface area contributed by atoms with Crippen LogP contribution in [0.1, 0.15) is 44.2 Å². The molecule has 1 atom stereocenters. The van der Waals surface area contributed by atoms with Gasteiger partial charge in [0.05, 0.1) is 5.75 Å². The Morgan fingerprint density at radius 2 is 2.11 bits per heavy atom. The zero-order valence-corrected chi connectivity index (χ0v) is 12.0. The molecule has 106 valence electrons. The first-order valence-electron chi connectivity index (χ1n) is 6.79. The maximum atomic E-state index is 13.4. The molecule has 0 amide bonds. The number of hydrogen-bond donors (Lipinski definition) is 0. The molecule has 1 saturated heterocycles. The summed E-state index contributed by atoms with van der Waals surface area (Å²) in [5.41, 5.74) is 0.763. The average molecular weight is 285 g/mol. The molecule has 1 aliphatic rings. The average Bonchev–Trinajstić information content (AvgIpc) is 2.64. The lowest BCUT2D eigenvalue weighted by Gasteiger charge is -2.29. The summed E-state index contributed by atoms with van der Waals surface area (Å²) in [4.78, 5) is 0. The minimum Gasteiger partial charge on any atom is -0.212 e. The largest absolute Gasteiger partial charge is 0.214 e. The van der Waals surface area contributed by atoms with Crippen LogP contribution in [0.5, 0.6) is 0 Å². The summed E-state index contributed by atoms with van der Waals surface area (Å²) in [5.74, 6) is -0.214. The van der Waals surface area contributed by atoms with E-state index in [1.165, 1.54) is 12.1 Å². The maximum absolute atomic E-state index is 13.4. The molecule has 1 aromatic carbocycles. The van der Waals surface area contributed by atoms with Gasteiger partial charge in [-0.2, -0.15) is 4.31 Å². The monoisotopic (exact) mass is 285 g/mol. The van der Waals surface area contributed by atoms with E-state index < -0.39 is 10.0 Å². The molecule has 19 heavy (non-hydrogen) atoms. The van der Waals surface area contributed by atoms with E-state index in [9.17, 15) is 12.8 Å². The van der Waals surface area contributed by atoms with Crippen molar-refractivity contribution in [3.63, 3.8) is 0 Å². The molecule has 0 bridgehead atoms. The van der Waals surface area contributed by atoms with Crippen LogP contribution in [0.3, 0.4) is 0 Å². The normalized spacial score (nSPS) is 22.1. The van der Waals surface area contributed by atoms with E-state index in [4.69, 9.17) is 0 Å². The number of benzene rings is 1. The summed E-state index contributed by atoms with van der Waals surface area (Å²) in [7, 11) is -3.24. The summed E-state index contributed by atoms with van der Waals surface area (Å²) in [6.45, 7) is 2.19. The highest BCUT2D eigenvalue weighted by atomic mass is 32.2. The van der Waals surface area contributed by atoms with E-state index in [0.717, 1.165) is 31.2 Å². The second kappa shape index (κ2) is 6.01. The summed E-state index contributed by atoms with van der Waals surface area (Å²) in [6.07, 6.45) is 3.66. The fourth-order valence-corrected chi connectivity index (χ4v) is 3.98. The van der Waals surface area contributed by atoms with Gasteiger partial charge in [0.1, 0.15) is 5.82 Å². The third kappa shape index (κ3) is 3.34. The first kappa shape index (κ1) is 14.5. The van der Waals surface area contributed by atoms with Crippen LogP contribution in [0.25, 0.3) is 0 Å². The predicted octanol–water partition coefficient (Wildman–Crippen LogP) is 3.09. The van der Waals surface area contributed by atoms with Gasteiger partial charge < -0.3 is 0 Å². The molecule has 1 unspecified atom stereocenters. The molecule has 3 nitrogen and oxygen atoms in total. The van der Waals surface area contributed by atoms with Crippen molar-refractivity contribution in [3.05, 3.63) is 35.6 Å². The van der Waals surface area contributed by atoms with Crippen molar-refractivity contribution in [1.29, 1.82) is 0 Å². The second-order valence-corrected chi connectivity index (χ2v) is 7.14. The highest BCUT2D eigenvalue weighted by molar-refractivity contribution is 7.89. The van der Waals surface area contributed by atoms with Gasteiger partial charge in [-0.25, -0.2) is 12.8 Å². The minimum atomic E-state index is -3.24. The van der Waals surface area contributed by atoms with Gasteiger partial charge in [-0.15, -0.1) is 0 Å². The van der Waals surface area contributed by atoms with E-state index in [1.807, 2.05) is 6.07 Å². The molecule has 0 saturated carbocycles. The van der Waals surface area contributed by atoms with Gasteiger partial charge in [0.25, 0.3) is 0 Å². The minimum absolute atomic E-state index is 0.0960. The SMILES string of the molecule is CCS(=O)(=O)N1CCCCCC1c1cccc(F)c1. The summed E-state index contributed by atoms with van der Waals surface area (Å²) >= 11 is 0. The molecule has 2 rings (SSSR count). The Kier molecular flexibility index (Phi) is 4.58. The molecule has 1 heterocycles. The molecule has 1 aromatic rings. The number of rotatable bonds is 3. The van der Waals surface area contributed by atoms with Crippen molar-refractivity contribution in [1.82, 2.24) is 4.31 Å². The molecule has 0 spiro atoms. The topological polar surface area (TPSA) is 37.4 Å². The molecule has 0 aliphatic carbocycles. The van der Waals surface area contributed by atoms with Crippen molar-refractivity contribution in [3.8, 4) is 0 Å². The smallest absolute Gasteiger partial charge is 0.212 e. The Morgan fingerprint density at radius 3 is 2.79 bits per heavy atom. The highest BCUT2D eigenvalue weighted by Crippen LogP contribution is 2.32. The van der Waals surface area contributed by atoms with Gasteiger partial charge >= 0.3 is 0 Å². The first-order chi connectivity index (χ1) is 9.04. The van der Waals surface area contributed by atoms with Crippen LogP contribution in [-0.2, 0) is 10.0 Å². The molecule has 0 N–H and O–H groups in total. The van der Waals surface area contributed by atoms with Gasteiger partial charge in [-0.3, -0.25) is 0 Å². The highest BCUT2D eigenvalue weighted by Gasteiger charge is 2.30. The van der Waals surface area contributed by atoms with Crippen LogP contribution in [-0.4, -0.2) is 25.0 Å². The summed E-state index contributed by atoms with van der Waals surface area (Å²) < 4.78 is 39.3. The lowest BCUT2D eigenvalue weighted by molar-refractivity contribution is 0.328. The van der Waals surface area contributed by atoms with Gasteiger partial charge in [0.15, 0.2) is 0 Å². The Morgan fingerprint density at radius 1 is 1.32 bits per heavy atom. The number of sulfonamides is 1. The maximum Gasteiger partial charge on any atom is 0.214 e. The van der Waals surface area contributed by atoms with Gasteiger partial charge in [-0.1, -0.05) is 25.0 Å². The van der Waals surface area contributed by atoms with Crippen molar-refractivity contribution >= 4 is 10.0 Å². The number of halogens is 1. The standard InChI is InChI=1S/C14H20FNO2S/c1-2-19(17,18)16-10-5-3-4-9-14(16)12-7-6-8-13(15)11-12/h6-8,11,14H,2-5,9-10H2,1H3. The van der Waals surface area contributed by atoms with Crippen molar-refractivity contribution in [2.45, 2.75) is 38.6 Å². The number of nitrogens with zero attached hydrogens (tertiary/aromatic N) is 1. The quantitative estimate of drug-likeness (QED) is 0.856. The first-order valence-corrected chi connectivity index (χ1v) is 8.40. The Bertz CT molecular complexity index is 530. The van der Waals surface area contributed by atoms with Crippen LogP contribution >= 0.6 is 0 Å². The fraction of sp³-hybridized carbons (Fsp3) is 0.571. The van der Waals surface area contributed by atoms with Crippen LogP contribution < -0.4 is 0 Å². The van der Waals surface area contributed by atoms with Crippen molar-refractivity contribution in [2.75, 3.05) is 12.3 Å². The van der Waals surface area contributed by atoms with Gasteiger partial charge in [-0.05, 0) is 37.5 Å². The van der Waals surface area contributed by atoms with Crippen LogP contribution in [0.4, 0.5) is 4.39 Å². The molecule has 0 radical (unpaired) electrons.